The molecule has 47 heavy (non-hydrogen) atoms. The second kappa shape index (κ2) is 9.57. The molecule has 0 bridgehead atoms. The highest BCUT2D eigenvalue weighted by Gasteiger charge is 2.38. The maximum Gasteiger partial charge on any atom is 0.160 e. The molecule has 1 heterocycles. The summed E-state index contributed by atoms with van der Waals surface area (Å²) >= 11 is 0. The monoisotopic (exact) mass is 601 g/mol. The van der Waals surface area contributed by atoms with E-state index in [9.17, 15) is 0 Å². The standard InChI is InChI=1S/C45H31NO/c1-45(2)36-18-9-8-16-35(36)41-37(45)19-11-20-38(41)46(30-24-22-29(23-25-30)28-12-4-3-5-13-28)39-27-26-34-32-15-7-6-14-31(32)33-17-10-21-40-42(33)43(34)44(39)47-40/h3-27H,1-2H3. The van der Waals surface area contributed by atoms with Crippen molar-refractivity contribution < 1.29 is 4.42 Å². The van der Waals surface area contributed by atoms with Gasteiger partial charge in [-0.05, 0) is 79.7 Å². The number of nitrogens with zero attached hydrogens (tertiary/aromatic N) is 1. The molecular formula is C45H31NO. The van der Waals surface area contributed by atoms with Crippen LogP contribution in [-0.4, -0.2) is 0 Å². The number of hydrogen-bond acceptors (Lipinski definition) is 2. The van der Waals surface area contributed by atoms with Crippen LogP contribution in [0.2, 0.25) is 0 Å². The summed E-state index contributed by atoms with van der Waals surface area (Å²) in [5.41, 5.74) is 12.7. The molecule has 2 heteroatoms. The first kappa shape index (κ1) is 26.4. The van der Waals surface area contributed by atoms with Gasteiger partial charge in [-0.15, -0.1) is 0 Å². The molecule has 0 fully saturated rings. The summed E-state index contributed by atoms with van der Waals surface area (Å²) < 4.78 is 6.92. The van der Waals surface area contributed by atoms with Crippen LogP contribution in [0.1, 0.15) is 25.0 Å². The van der Waals surface area contributed by atoms with E-state index in [1.54, 1.807) is 0 Å². The molecule has 2 nitrogen and oxygen atoms in total. The average Bonchev–Trinajstić information content (AvgIpc) is 3.63. The minimum absolute atomic E-state index is 0.108. The molecule has 1 aromatic heterocycles. The number of benzene rings is 8. The van der Waals surface area contributed by atoms with Crippen LogP contribution in [-0.2, 0) is 5.41 Å². The molecule has 0 N–H and O–H groups in total. The summed E-state index contributed by atoms with van der Waals surface area (Å²) in [6, 6.07) is 55.0. The zero-order valence-electron chi connectivity index (χ0n) is 26.3. The molecule has 0 spiro atoms. The summed E-state index contributed by atoms with van der Waals surface area (Å²) in [6.45, 7) is 4.69. The Bertz CT molecular complexity index is 2640. The van der Waals surface area contributed by atoms with Crippen LogP contribution in [0, 0.1) is 0 Å². The van der Waals surface area contributed by atoms with Crippen LogP contribution in [0.15, 0.2) is 156 Å². The number of anilines is 3. The molecule has 9 aromatic rings. The van der Waals surface area contributed by atoms with E-state index in [0.717, 1.165) is 28.2 Å². The minimum Gasteiger partial charge on any atom is -0.454 e. The maximum absolute atomic E-state index is 6.92. The average molecular weight is 602 g/mol. The Balaban J connectivity index is 1.29. The first-order valence-electron chi connectivity index (χ1n) is 16.4. The Morgan fingerprint density at radius 2 is 1.11 bits per heavy atom. The highest BCUT2D eigenvalue weighted by atomic mass is 16.3. The molecule has 0 unspecified atom stereocenters. The van der Waals surface area contributed by atoms with E-state index >= 15 is 0 Å². The van der Waals surface area contributed by atoms with Crippen LogP contribution in [0.5, 0.6) is 0 Å². The van der Waals surface area contributed by atoms with Crippen molar-refractivity contribution in [1.82, 2.24) is 0 Å². The molecule has 0 saturated carbocycles. The van der Waals surface area contributed by atoms with Gasteiger partial charge in [0.1, 0.15) is 5.58 Å². The first-order valence-corrected chi connectivity index (χ1v) is 16.4. The Morgan fingerprint density at radius 3 is 1.91 bits per heavy atom. The van der Waals surface area contributed by atoms with Gasteiger partial charge in [-0.2, -0.15) is 0 Å². The minimum atomic E-state index is -0.108. The summed E-state index contributed by atoms with van der Waals surface area (Å²) in [7, 11) is 0. The van der Waals surface area contributed by atoms with Gasteiger partial charge in [0.15, 0.2) is 5.58 Å². The van der Waals surface area contributed by atoms with Crippen molar-refractivity contribution in [2.24, 2.45) is 0 Å². The van der Waals surface area contributed by atoms with Gasteiger partial charge in [-0.25, -0.2) is 0 Å². The third kappa shape index (κ3) is 3.61. The molecular weight excluding hydrogens is 571 g/mol. The lowest BCUT2D eigenvalue weighted by Crippen LogP contribution is -2.16. The third-order valence-electron chi connectivity index (χ3n) is 10.4. The largest absolute Gasteiger partial charge is 0.454 e. The van der Waals surface area contributed by atoms with Crippen LogP contribution in [0.25, 0.3) is 65.7 Å². The third-order valence-corrected chi connectivity index (χ3v) is 10.4. The van der Waals surface area contributed by atoms with Gasteiger partial charge in [0.05, 0.1) is 11.4 Å². The smallest absolute Gasteiger partial charge is 0.160 e. The number of fused-ring (bicyclic) bond motifs is 6. The van der Waals surface area contributed by atoms with Crippen LogP contribution >= 0.6 is 0 Å². The van der Waals surface area contributed by atoms with Crippen LogP contribution in [0.3, 0.4) is 0 Å². The van der Waals surface area contributed by atoms with E-state index in [-0.39, 0.29) is 5.41 Å². The molecule has 0 radical (unpaired) electrons. The molecule has 222 valence electrons. The summed E-state index contributed by atoms with van der Waals surface area (Å²) in [5, 5.41) is 7.35. The number of hydrogen-bond donors (Lipinski definition) is 0. The molecule has 1 aliphatic carbocycles. The van der Waals surface area contributed by atoms with E-state index < -0.39 is 0 Å². The summed E-state index contributed by atoms with van der Waals surface area (Å²) in [5.74, 6) is 0. The van der Waals surface area contributed by atoms with Crippen molar-refractivity contribution in [2.45, 2.75) is 19.3 Å². The lowest BCUT2D eigenvalue weighted by Gasteiger charge is -2.29. The number of furan rings is 1. The quantitative estimate of drug-likeness (QED) is 0.187. The summed E-state index contributed by atoms with van der Waals surface area (Å²) in [4.78, 5) is 2.42. The van der Waals surface area contributed by atoms with Crippen molar-refractivity contribution >= 4 is 60.5 Å². The second-order valence-electron chi connectivity index (χ2n) is 13.3. The van der Waals surface area contributed by atoms with Crippen molar-refractivity contribution in [3.63, 3.8) is 0 Å². The Hall–Kier alpha value is -5.86. The van der Waals surface area contributed by atoms with Crippen molar-refractivity contribution in [3.05, 3.63) is 163 Å². The van der Waals surface area contributed by atoms with Gasteiger partial charge in [-0.3, -0.25) is 0 Å². The fourth-order valence-corrected chi connectivity index (χ4v) is 8.25. The fourth-order valence-electron chi connectivity index (χ4n) is 8.25. The fraction of sp³-hybridized carbons (Fsp3) is 0.0667. The van der Waals surface area contributed by atoms with E-state index in [1.807, 2.05) is 0 Å². The highest BCUT2D eigenvalue weighted by Crippen LogP contribution is 2.55. The zero-order chi connectivity index (χ0) is 31.3. The number of rotatable bonds is 4. The predicted molar refractivity (Wildman–Crippen MR) is 198 cm³/mol. The lowest BCUT2D eigenvalue weighted by atomic mass is 9.82. The van der Waals surface area contributed by atoms with Crippen molar-refractivity contribution in [1.29, 1.82) is 0 Å². The van der Waals surface area contributed by atoms with E-state index in [0.29, 0.717) is 0 Å². The van der Waals surface area contributed by atoms with E-state index in [4.69, 9.17) is 4.42 Å². The van der Waals surface area contributed by atoms with Crippen molar-refractivity contribution in [3.8, 4) is 22.3 Å². The molecule has 0 aliphatic heterocycles. The normalized spacial score (nSPS) is 13.5. The summed E-state index contributed by atoms with van der Waals surface area (Å²) in [6.07, 6.45) is 0. The first-order chi connectivity index (χ1) is 23.1. The molecule has 8 aromatic carbocycles. The van der Waals surface area contributed by atoms with Crippen LogP contribution < -0.4 is 4.90 Å². The van der Waals surface area contributed by atoms with Gasteiger partial charge in [0.25, 0.3) is 0 Å². The molecule has 1 aliphatic rings. The predicted octanol–water partition coefficient (Wildman–Crippen LogP) is 12.8. The van der Waals surface area contributed by atoms with Gasteiger partial charge in [0.2, 0.25) is 0 Å². The van der Waals surface area contributed by atoms with Crippen LogP contribution in [0.4, 0.5) is 17.1 Å². The van der Waals surface area contributed by atoms with Gasteiger partial charge in [-0.1, -0.05) is 135 Å². The maximum atomic E-state index is 6.92. The van der Waals surface area contributed by atoms with Crippen molar-refractivity contribution in [2.75, 3.05) is 4.90 Å². The topological polar surface area (TPSA) is 16.4 Å². The Morgan fingerprint density at radius 1 is 0.468 bits per heavy atom. The highest BCUT2D eigenvalue weighted by molar-refractivity contribution is 6.34. The van der Waals surface area contributed by atoms with Gasteiger partial charge < -0.3 is 9.32 Å². The van der Waals surface area contributed by atoms with E-state index in [1.165, 1.54) is 65.7 Å². The molecule has 0 atom stereocenters. The van der Waals surface area contributed by atoms with E-state index in [2.05, 4.69) is 170 Å². The molecule has 0 saturated heterocycles. The SMILES string of the molecule is CC1(C)c2ccccc2-c2c(N(c3ccc(-c4ccccc4)cc3)c3ccc4c5ccccc5c5cccc6oc3c4c65)cccc21. The Kier molecular flexibility index (Phi) is 5.37. The Labute approximate surface area is 273 Å². The second-order valence-corrected chi connectivity index (χ2v) is 13.3. The molecule has 10 rings (SSSR count). The van der Waals surface area contributed by atoms with Gasteiger partial charge >= 0.3 is 0 Å². The van der Waals surface area contributed by atoms with Gasteiger partial charge in [0, 0.05) is 27.4 Å². The zero-order valence-corrected chi connectivity index (χ0v) is 26.3. The lowest BCUT2D eigenvalue weighted by molar-refractivity contribution is 0.660. The molecule has 0 amide bonds.